The molecule has 5 rings (SSSR count). The van der Waals surface area contributed by atoms with Crippen LogP contribution in [0.15, 0.2) is 33.2 Å². The molecule has 1 aromatic rings. The minimum absolute atomic E-state index is 0.0555. The monoisotopic (exact) mass is 564 g/mol. The van der Waals surface area contributed by atoms with E-state index in [4.69, 9.17) is 4.42 Å². The van der Waals surface area contributed by atoms with E-state index in [0.717, 1.165) is 58.7 Å². The molecule has 8 atom stereocenters. The van der Waals surface area contributed by atoms with Crippen LogP contribution in [0.4, 0.5) is 0 Å². The fraction of sp³-hybridized carbons (Fsp3) is 0.821. The maximum Gasteiger partial charge on any atom is 0.187 e. The Morgan fingerprint density at radius 3 is 2.29 bits per heavy atom. The highest BCUT2D eigenvalue weighted by Gasteiger charge is 2.59. The molecule has 3 fully saturated rings. The SMILES string of the molecule is CC(C)CCCC(C)C1CCC2C3CC=C4CC(C(C)C)CCC4(C)C3CCC12C.Cc1c(C(C)C)occc1=O. The fourth-order valence-corrected chi connectivity index (χ4v) is 10.4. The van der Waals surface area contributed by atoms with Gasteiger partial charge in [0, 0.05) is 17.5 Å². The normalized spacial score (nSPS) is 35.3. The quantitative estimate of drug-likeness (QED) is 0.308. The summed E-state index contributed by atoms with van der Waals surface area (Å²) in [6.07, 6.45) is 20.4. The molecule has 3 saturated carbocycles. The van der Waals surface area contributed by atoms with Crippen molar-refractivity contribution >= 4 is 0 Å². The first-order valence-electron chi connectivity index (χ1n) is 17.6. The Labute approximate surface area is 253 Å². The predicted octanol–water partition coefficient (Wildman–Crippen LogP) is 11.4. The Hall–Kier alpha value is -1.31. The third-order valence-electron chi connectivity index (χ3n) is 13.0. The van der Waals surface area contributed by atoms with E-state index < -0.39 is 0 Å². The van der Waals surface area contributed by atoms with E-state index in [0.29, 0.717) is 10.8 Å². The van der Waals surface area contributed by atoms with Crippen molar-refractivity contribution < 1.29 is 4.42 Å². The highest BCUT2D eigenvalue weighted by molar-refractivity contribution is 5.25. The summed E-state index contributed by atoms with van der Waals surface area (Å²) < 4.78 is 5.20. The highest BCUT2D eigenvalue weighted by atomic mass is 16.3. The molecule has 0 spiro atoms. The Morgan fingerprint density at radius 2 is 1.66 bits per heavy atom. The summed E-state index contributed by atoms with van der Waals surface area (Å²) in [5.41, 5.74) is 3.84. The Balaban J connectivity index is 0.000000296. The van der Waals surface area contributed by atoms with Crippen LogP contribution in [0, 0.1) is 65.1 Å². The van der Waals surface area contributed by atoms with Gasteiger partial charge >= 0.3 is 0 Å². The van der Waals surface area contributed by atoms with Gasteiger partial charge in [0.25, 0.3) is 0 Å². The summed E-state index contributed by atoms with van der Waals surface area (Å²) in [5, 5.41) is 0. The second-order valence-corrected chi connectivity index (χ2v) is 16.5. The van der Waals surface area contributed by atoms with Crippen LogP contribution in [-0.2, 0) is 0 Å². The molecule has 1 aromatic heterocycles. The largest absolute Gasteiger partial charge is 0.469 e. The standard InChI is InChI=1S/C30H52.C9H12O2/c1-20(2)9-8-10-22(5)26-13-14-27-25-12-11-24-19-23(21(3)4)15-17-29(24,6)28(25)16-18-30(26,27)7;1-6(2)9-7(3)8(10)4-5-11-9/h11,20-23,25-28H,8-10,12-19H2,1-7H3;4-6H,1-3H3. The summed E-state index contributed by atoms with van der Waals surface area (Å²) in [6.45, 7) is 23.5. The van der Waals surface area contributed by atoms with Gasteiger partial charge < -0.3 is 4.42 Å². The first-order chi connectivity index (χ1) is 19.3. The molecular formula is C39H64O2. The van der Waals surface area contributed by atoms with Crippen LogP contribution < -0.4 is 5.43 Å². The van der Waals surface area contributed by atoms with Crippen molar-refractivity contribution in [2.45, 2.75) is 146 Å². The predicted molar refractivity (Wildman–Crippen MR) is 175 cm³/mol. The van der Waals surface area contributed by atoms with Crippen molar-refractivity contribution in [1.29, 1.82) is 0 Å². The average Bonchev–Trinajstić information content (AvgIpc) is 3.27. The van der Waals surface area contributed by atoms with Crippen molar-refractivity contribution in [2.24, 2.45) is 58.2 Å². The maximum atomic E-state index is 11.1. The molecule has 0 radical (unpaired) electrons. The molecule has 8 unspecified atom stereocenters. The molecule has 0 saturated heterocycles. The van der Waals surface area contributed by atoms with E-state index in [2.05, 4.69) is 54.5 Å². The van der Waals surface area contributed by atoms with Gasteiger partial charge in [0.05, 0.1) is 6.26 Å². The lowest BCUT2D eigenvalue weighted by Crippen LogP contribution is -2.50. The van der Waals surface area contributed by atoms with E-state index in [1.165, 1.54) is 83.0 Å². The minimum atomic E-state index is 0.0555. The van der Waals surface area contributed by atoms with Gasteiger partial charge in [0.15, 0.2) is 5.43 Å². The van der Waals surface area contributed by atoms with E-state index in [-0.39, 0.29) is 11.3 Å². The summed E-state index contributed by atoms with van der Waals surface area (Å²) in [6, 6.07) is 1.45. The van der Waals surface area contributed by atoms with Gasteiger partial charge in [-0.25, -0.2) is 0 Å². The van der Waals surface area contributed by atoms with Gasteiger partial charge in [0.1, 0.15) is 5.76 Å². The Kier molecular flexibility index (Phi) is 10.4. The minimum Gasteiger partial charge on any atom is -0.469 e. The molecule has 0 aliphatic heterocycles. The van der Waals surface area contributed by atoms with Crippen LogP contribution in [0.5, 0.6) is 0 Å². The number of hydrogen-bond donors (Lipinski definition) is 0. The van der Waals surface area contributed by atoms with Gasteiger partial charge in [-0.3, -0.25) is 4.79 Å². The molecule has 41 heavy (non-hydrogen) atoms. The summed E-state index contributed by atoms with van der Waals surface area (Å²) in [7, 11) is 0. The molecule has 2 nitrogen and oxygen atoms in total. The summed E-state index contributed by atoms with van der Waals surface area (Å²) in [4.78, 5) is 11.1. The first kappa shape index (κ1) is 32.6. The van der Waals surface area contributed by atoms with Crippen LogP contribution in [0.1, 0.15) is 150 Å². The molecule has 0 N–H and O–H groups in total. The number of fused-ring (bicyclic) bond motifs is 5. The van der Waals surface area contributed by atoms with E-state index in [1.54, 1.807) is 6.92 Å². The van der Waals surface area contributed by atoms with Crippen molar-refractivity contribution in [2.75, 3.05) is 0 Å². The molecule has 0 amide bonds. The van der Waals surface area contributed by atoms with Gasteiger partial charge in [-0.15, -0.1) is 0 Å². The van der Waals surface area contributed by atoms with Gasteiger partial charge in [-0.05, 0) is 116 Å². The van der Waals surface area contributed by atoms with Gasteiger partial charge in [0.2, 0.25) is 0 Å². The van der Waals surface area contributed by atoms with Crippen molar-refractivity contribution in [3.8, 4) is 0 Å². The lowest BCUT2D eigenvalue weighted by Gasteiger charge is -2.59. The number of rotatable bonds is 7. The maximum absolute atomic E-state index is 11.1. The molecule has 0 aromatic carbocycles. The van der Waals surface area contributed by atoms with Crippen LogP contribution >= 0.6 is 0 Å². The van der Waals surface area contributed by atoms with Crippen molar-refractivity contribution in [1.82, 2.24) is 0 Å². The molecule has 1 heterocycles. The fourth-order valence-electron chi connectivity index (χ4n) is 10.4. The summed E-state index contributed by atoms with van der Waals surface area (Å²) >= 11 is 0. The van der Waals surface area contributed by atoms with Crippen LogP contribution in [0.3, 0.4) is 0 Å². The van der Waals surface area contributed by atoms with Crippen LogP contribution in [-0.4, -0.2) is 0 Å². The second-order valence-electron chi connectivity index (χ2n) is 16.5. The third kappa shape index (κ3) is 6.62. The van der Waals surface area contributed by atoms with E-state index in [9.17, 15) is 4.79 Å². The number of hydrogen-bond acceptors (Lipinski definition) is 2. The molecule has 4 aliphatic rings. The lowest BCUT2D eigenvalue weighted by atomic mass is 9.46. The molecule has 4 aliphatic carbocycles. The van der Waals surface area contributed by atoms with E-state index in [1.807, 2.05) is 19.4 Å². The smallest absolute Gasteiger partial charge is 0.187 e. The molecular weight excluding hydrogens is 500 g/mol. The van der Waals surface area contributed by atoms with Crippen molar-refractivity contribution in [3.05, 3.63) is 45.5 Å². The topological polar surface area (TPSA) is 30.2 Å². The third-order valence-corrected chi connectivity index (χ3v) is 13.0. The van der Waals surface area contributed by atoms with Crippen LogP contribution in [0.25, 0.3) is 0 Å². The molecule has 232 valence electrons. The summed E-state index contributed by atoms with van der Waals surface area (Å²) in [5.74, 6) is 8.64. The van der Waals surface area contributed by atoms with Gasteiger partial charge in [-0.2, -0.15) is 0 Å². The zero-order valence-corrected chi connectivity index (χ0v) is 28.5. The Morgan fingerprint density at radius 1 is 0.927 bits per heavy atom. The molecule has 2 heteroatoms. The lowest BCUT2D eigenvalue weighted by molar-refractivity contribution is -0.0538. The zero-order chi connectivity index (χ0) is 30.1. The van der Waals surface area contributed by atoms with E-state index >= 15 is 0 Å². The molecule has 0 bridgehead atoms. The average molecular weight is 565 g/mol. The second kappa shape index (κ2) is 13.1. The Bertz CT molecular complexity index is 1090. The first-order valence-corrected chi connectivity index (χ1v) is 17.6. The highest BCUT2D eigenvalue weighted by Crippen LogP contribution is 2.67. The zero-order valence-electron chi connectivity index (χ0n) is 28.5. The van der Waals surface area contributed by atoms with Crippen molar-refractivity contribution in [3.63, 3.8) is 0 Å². The van der Waals surface area contributed by atoms with Crippen LogP contribution in [0.2, 0.25) is 0 Å². The number of allylic oxidation sites excluding steroid dienone is 2. The van der Waals surface area contributed by atoms with Gasteiger partial charge in [-0.1, -0.05) is 93.2 Å².